The second kappa shape index (κ2) is 6.57. The minimum atomic E-state index is -4.60. The largest absolute Gasteiger partial charge is 0.417 e. The van der Waals surface area contributed by atoms with Crippen molar-refractivity contribution >= 4 is 11.7 Å². The van der Waals surface area contributed by atoms with Gasteiger partial charge in [-0.3, -0.25) is 4.79 Å². The zero-order valence-corrected chi connectivity index (χ0v) is 14.3. The minimum Gasteiger partial charge on any atom is -0.306 e. The summed E-state index contributed by atoms with van der Waals surface area (Å²) < 4.78 is 41.4. The number of amides is 1. The van der Waals surface area contributed by atoms with Gasteiger partial charge in [-0.25, -0.2) is 4.68 Å². The van der Waals surface area contributed by atoms with Crippen molar-refractivity contribution in [2.45, 2.75) is 25.4 Å². The summed E-state index contributed by atoms with van der Waals surface area (Å²) in [5.74, 6) is -0.356. The third-order valence-corrected chi connectivity index (χ3v) is 4.62. The van der Waals surface area contributed by atoms with Gasteiger partial charge in [0.25, 0.3) is 5.91 Å². The molecule has 4 rings (SSSR count). The number of carbonyl (C=O) groups excluding carboxylic acids is 1. The maximum absolute atomic E-state index is 13.3. The number of carbonyl (C=O) groups is 1. The van der Waals surface area contributed by atoms with Crippen molar-refractivity contribution in [1.82, 2.24) is 9.78 Å². The zero-order chi connectivity index (χ0) is 19.0. The van der Waals surface area contributed by atoms with Crippen molar-refractivity contribution < 1.29 is 18.0 Å². The summed E-state index contributed by atoms with van der Waals surface area (Å²) in [5, 5.41) is 7.24. The van der Waals surface area contributed by atoms with Gasteiger partial charge in [0.1, 0.15) is 5.82 Å². The molecule has 138 valence electrons. The average Bonchev–Trinajstić information content (AvgIpc) is 3.24. The van der Waals surface area contributed by atoms with E-state index in [1.54, 1.807) is 4.68 Å². The Morgan fingerprint density at radius 2 is 1.70 bits per heavy atom. The van der Waals surface area contributed by atoms with Crippen molar-refractivity contribution in [2.75, 3.05) is 5.32 Å². The van der Waals surface area contributed by atoms with Gasteiger partial charge in [0.2, 0.25) is 0 Å². The average molecular weight is 371 g/mol. The number of aromatic nitrogens is 2. The molecule has 2 aromatic carbocycles. The summed E-state index contributed by atoms with van der Waals surface area (Å²) in [7, 11) is 0. The van der Waals surface area contributed by atoms with E-state index in [4.69, 9.17) is 0 Å². The molecule has 0 radical (unpaired) electrons. The highest BCUT2D eigenvalue weighted by molar-refractivity contribution is 6.05. The lowest BCUT2D eigenvalue weighted by atomic mass is 10.1. The fourth-order valence-corrected chi connectivity index (χ4v) is 3.38. The molecular weight excluding hydrogens is 355 g/mol. The van der Waals surface area contributed by atoms with Crippen LogP contribution >= 0.6 is 0 Å². The van der Waals surface area contributed by atoms with Crippen LogP contribution in [0.1, 0.15) is 33.6 Å². The zero-order valence-electron chi connectivity index (χ0n) is 14.3. The van der Waals surface area contributed by atoms with Gasteiger partial charge < -0.3 is 5.32 Å². The summed E-state index contributed by atoms with van der Waals surface area (Å²) in [6.45, 7) is 0. The molecule has 1 aromatic heterocycles. The third-order valence-electron chi connectivity index (χ3n) is 4.62. The number of para-hydroxylation sites is 1. The molecule has 0 saturated carbocycles. The number of nitrogens with one attached hydrogen (secondary N) is 1. The van der Waals surface area contributed by atoms with Gasteiger partial charge in [0.15, 0.2) is 0 Å². The Morgan fingerprint density at radius 3 is 2.44 bits per heavy atom. The van der Waals surface area contributed by atoms with E-state index in [9.17, 15) is 18.0 Å². The van der Waals surface area contributed by atoms with Crippen LogP contribution in [0.15, 0.2) is 54.6 Å². The van der Waals surface area contributed by atoms with Gasteiger partial charge in [-0.1, -0.05) is 30.3 Å². The fourth-order valence-electron chi connectivity index (χ4n) is 3.38. The molecular formula is C20H16F3N3O. The molecule has 0 unspecified atom stereocenters. The number of alkyl halides is 3. The molecule has 4 nitrogen and oxygen atoms in total. The minimum absolute atomic E-state index is 0.405. The van der Waals surface area contributed by atoms with Crippen LogP contribution in [0.3, 0.4) is 0 Å². The monoisotopic (exact) mass is 371 g/mol. The van der Waals surface area contributed by atoms with Crippen LogP contribution in [0.5, 0.6) is 0 Å². The van der Waals surface area contributed by atoms with E-state index in [2.05, 4.69) is 10.4 Å². The molecule has 0 aliphatic heterocycles. The van der Waals surface area contributed by atoms with Gasteiger partial charge in [0, 0.05) is 5.56 Å². The Morgan fingerprint density at radius 1 is 1.00 bits per heavy atom. The summed E-state index contributed by atoms with van der Waals surface area (Å²) in [5.41, 5.74) is 1.14. The number of aryl methyl sites for hydroxylation is 1. The van der Waals surface area contributed by atoms with Crippen LogP contribution in [0.2, 0.25) is 0 Å². The van der Waals surface area contributed by atoms with Crippen molar-refractivity contribution in [1.29, 1.82) is 0 Å². The highest BCUT2D eigenvalue weighted by atomic mass is 19.4. The van der Waals surface area contributed by atoms with Crippen molar-refractivity contribution in [3.63, 3.8) is 0 Å². The lowest BCUT2D eigenvalue weighted by Gasteiger charge is -2.14. The smallest absolute Gasteiger partial charge is 0.306 e. The first-order valence-corrected chi connectivity index (χ1v) is 8.59. The molecule has 1 N–H and O–H groups in total. The third kappa shape index (κ3) is 3.20. The topological polar surface area (TPSA) is 46.9 Å². The van der Waals surface area contributed by atoms with Crippen LogP contribution in [-0.4, -0.2) is 15.7 Å². The molecule has 1 aliphatic rings. The van der Waals surface area contributed by atoms with Crippen molar-refractivity contribution in [3.8, 4) is 5.69 Å². The van der Waals surface area contributed by atoms with E-state index in [1.165, 1.54) is 18.2 Å². The molecule has 0 atom stereocenters. The second-order valence-corrected chi connectivity index (χ2v) is 6.37. The standard InChI is InChI=1S/C20H16F3N3O/c21-20(22,23)16-11-5-4-9-14(16)19(27)24-18-15-10-6-12-17(15)25-26(18)13-7-2-1-3-8-13/h1-5,7-9,11H,6,10,12H2,(H,24,27). The number of benzene rings is 2. The first-order valence-electron chi connectivity index (χ1n) is 8.59. The number of hydrogen-bond donors (Lipinski definition) is 1. The quantitative estimate of drug-likeness (QED) is 0.730. The number of nitrogens with zero attached hydrogens (tertiary/aromatic N) is 2. The fraction of sp³-hybridized carbons (Fsp3) is 0.200. The molecule has 0 fully saturated rings. The molecule has 0 spiro atoms. The maximum Gasteiger partial charge on any atom is 0.417 e. The molecule has 1 amide bonds. The summed E-state index contributed by atoms with van der Waals surface area (Å²) in [6, 6.07) is 14.0. The van der Waals surface area contributed by atoms with Crippen LogP contribution in [-0.2, 0) is 19.0 Å². The van der Waals surface area contributed by atoms with Crippen LogP contribution < -0.4 is 5.32 Å². The molecule has 27 heavy (non-hydrogen) atoms. The van der Waals surface area contributed by atoms with Crippen LogP contribution in [0, 0.1) is 0 Å². The van der Waals surface area contributed by atoms with E-state index in [0.717, 1.165) is 42.3 Å². The van der Waals surface area contributed by atoms with Crippen molar-refractivity contribution in [2.24, 2.45) is 0 Å². The highest BCUT2D eigenvalue weighted by Gasteiger charge is 2.35. The highest BCUT2D eigenvalue weighted by Crippen LogP contribution is 2.34. The molecule has 3 aromatic rings. The van der Waals surface area contributed by atoms with Gasteiger partial charge in [-0.05, 0) is 43.5 Å². The van der Waals surface area contributed by atoms with E-state index in [-0.39, 0.29) is 0 Å². The molecule has 0 saturated heterocycles. The number of hydrogen-bond acceptors (Lipinski definition) is 2. The Bertz CT molecular complexity index is 993. The normalized spacial score (nSPS) is 13.4. The van der Waals surface area contributed by atoms with E-state index in [1.807, 2.05) is 30.3 Å². The summed E-state index contributed by atoms with van der Waals surface area (Å²) >= 11 is 0. The first-order chi connectivity index (χ1) is 12.9. The lowest BCUT2D eigenvalue weighted by Crippen LogP contribution is -2.20. The van der Waals surface area contributed by atoms with Gasteiger partial charge in [-0.2, -0.15) is 18.3 Å². The number of fused-ring (bicyclic) bond motifs is 1. The Labute approximate surface area is 153 Å². The second-order valence-electron chi connectivity index (χ2n) is 6.37. The summed E-state index contributed by atoms with van der Waals surface area (Å²) in [6.07, 6.45) is -2.17. The maximum atomic E-state index is 13.3. The van der Waals surface area contributed by atoms with Gasteiger partial charge >= 0.3 is 6.18 Å². The van der Waals surface area contributed by atoms with Gasteiger partial charge in [-0.15, -0.1) is 0 Å². The summed E-state index contributed by atoms with van der Waals surface area (Å²) in [4.78, 5) is 12.7. The predicted molar refractivity (Wildman–Crippen MR) is 95.0 cm³/mol. The number of rotatable bonds is 3. The predicted octanol–water partition coefficient (Wildman–Crippen LogP) is 4.63. The first kappa shape index (κ1) is 17.3. The van der Waals surface area contributed by atoms with E-state index < -0.39 is 23.2 Å². The number of anilines is 1. The molecule has 1 aliphatic carbocycles. The Hall–Kier alpha value is -3.09. The molecule has 1 heterocycles. The van der Waals surface area contributed by atoms with E-state index >= 15 is 0 Å². The van der Waals surface area contributed by atoms with Crippen LogP contribution in [0.4, 0.5) is 19.0 Å². The van der Waals surface area contributed by atoms with E-state index in [0.29, 0.717) is 5.82 Å². The van der Waals surface area contributed by atoms with Crippen molar-refractivity contribution in [3.05, 3.63) is 77.0 Å². The Kier molecular flexibility index (Phi) is 4.22. The van der Waals surface area contributed by atoms with Gasteiger partial charge in [0.05, 0.1) is 22.5 Å². The number of halogens is 3. The van der Waals surface area contributed by atoms with Crippen LogP contribution in [0.25, 0.3) is 5.69 Å². The lowest BCUT2D eigenvalue weighted by molar-refractivity contribution is -0.137. The SMILES string of the molecule is O=C(Nc1c2c(nn1-c1ccccc1)CCC2)c1ccccc1C(F)(F)F. The molecule has 0 bridgehead atoms. The molecule has 7 heteroatoms. The Balaban J connectivity index is 1.75.